The lowest BCUT2D eigenvalue weighted by Gasteiger charge is -2.41. The second kappa shape index (κ2) is 8.26. The number of carbonyl (C=O) groups excluding carboxylic acids is 2. The van der Waals surface area contributed by atoms with Gasteiger partial charge in [0, 0.05) is 10.4 Å². The van der Waals surface area contributed by atoms with E-state index in [2.05, 4.69) is 5.32 Å². The van der Waals surface area contributed by atoms with Gasteiger partial charge < -0.3 is 15.2 Å². The summed E-state index contributed by atoms with van der Waals surface area (Å²) in [6, 6.07) is 5.73. The molecule has 2 N–H and O–H groups in total. The summed E-state index contributed by atoms with van der Waals surface area (Å²) in [4.78, 5) is 38.5. The van der Waals surface area contributed by atoms with Gasteiger partial charge in [0.25, 0.3) is 0 Å². The first-order valence-electron chi connectivity index (χ1n) is 10.0. The number of rotatable bonds is 5. The Bertz CT molecular complexity index is 1070. The maximum absolute atomic E-state index is 13.4. The number of benzene rings is 1. The Balaban J connectivity index is 1.71. The number of hydrogen-bond acceptors (Lipinski definition) is 5. The molecule has 162 valence electrons. The largest absolute Gasteiger partial charge is 0.481 e. The summed E-state index contributed by atoms with van der Waals surface area (Å²) in [7, 11) is 1.25. The smallest absolute Gasteiger partial charge is 0.341 e. The van der Waals surface area contributed by atoms with Crippen LogP contribution in [0.5, 0.6) is 0 Å². The third-order valence-corrected chi connectivity index (χ3v) is 7.20. The van der Waals surface area contributed by atoms with Gasteiger partial charge in [0.15, 0.2) is 0 Å². The molecular formula is C23H22FNO5S. The number of fused-ring (bicyclic) bond motifs is 2. The average molecular weight is 443 g/mol. The zero-order chi connectivity index (χ0) is 22.3. The van der Waals surface area contributed by atoms with E-state index in [4.69, 9.17) is 4.74 Å². The summed E-state index contributed by atoms with van der Waals surface area (Å²) in [6.45, 7) is 1.80. The number of nitrogens with one attached hydrogen (secondary N) is 1. The zero-order valence-corrected chi connectivity index (χ0v) is 17.9. The van der Waals surface area contributed by atoms with Crippen molar-refractivity contribution in [1.29, 1.82) is 0 Å². The molecule has 8 heteroatoms. The van der Waals surface area contributed by atoms with Crippen molar-refractivity contribution in [3.05, 3.63) is 52.7 Å². The lowest BCUT2D eigenvalue weighted by atomic mass is 9.62. The average Bonchev–Trinajstić information content (AvgIpc) is 3.09. The van der Waals surface area contributed by atoms with Crippen LogP contribution in [0, 0.1) is 36.4 Å². The number of carboxylic acids is 1. The van der Waals surface area contributed by atoms with Crippen LogP contribution in [0.1, 0.15) is 28.1 Å². The number of esters is 1. The van der Waals surface area contributed by atoms with E-state index in [-0.39, 0.29) is 17.4 Å². The van der Waals surface area contributed by atoms with Gasteiger partial charge in [0.1, 0.15) is 16.4 Å². The summed E-state index contributed by atoms with van der Waals surface area (Å²) in [5.41, 5.74) is 1.37. The second-order valence-corrected chi connectivity index (χ2v) is 9.13. The standard InChI is InChI=1S/C23H22FNO5S/c1-11-16(12-7-9-15(24)10-8-12)19(23(29)30-2)21(31-11)25-20(26)17-13-3-5-14(6-4-13)18(17)22(27)28/h3,5,7-10,13-14,17-18H,4,6H2,1-2H3,(H,25,26)(H,27,28)/t13-,14-,17+,18+/m0/s1. The summed E-state index contributed by atoms with van der Waals surface area (Å²) in [5.74, 6) is -4.23. The lowest BCUT2D eigenvalue weighted by Crippen LogP contribution is -2.47. The number of aryl methyl sites for hydroxylation is 1. The van der Waals surface area contributed by atoms with Crippen LogP contribution in [0.15, 0.2) is 36.4 Å². The molecule has 0 radical (unpaired) electrons. The van der Waals surface area contributed by atoms with Gasteiger partial charge in [0.05, 0.1) is 18.9 Å². The van der Waals surface area contributed by atoms with Gasteiger partial charge in [-0.15, -0.1) is 11.3 Å². The number of ether oxygens (including phenoxy) is 1. The molecule has 2 bridgehead atoms. The molecule has 1 heterocycles. The molecule has 3 aliphatic carbocycles. The second-order valence-electron chi connectivity index (χ2n) is 7.90. The number of amides is 1. The molecule has 0 unspecified atom stereocenters. The minimum absolute atomic E-state index is 0.148. The van der Waals surface area contributed by atoms with E-state index >= 15 is 0 Å². The molecule has 6 nitrogen and oxygen atoms in total. The van der Waals surface area contributed by atoms with Gasteiger partial charge >= 0.3 is 11.9 Å². The van der Waals surface area contributed by atoms with Crippen molar-refractivity contribution in [2.24, 2.45) is 23.7 Å². The minimum Gasteiger partial charge on any atom is -0.481 e. The van der Waals surface area contributed by atoms with E-state index in [9.17, 15) is 23.9 Å². The third-order valence-electron chi connectivity index (χ3n) is 6.18. The van der Waals surface area contributed by atoms with Crippen molar-refractivity contribution in [3.63, 3.8) is 0 Å². The van der Waals surface area contributed by atoms with E-state index in [1.165, 1.54) is 30.6 Å². The number of carbonyl (C=O) groups is 3. The number of anilines is 1. The van der Waals surface area contributed by atoms with Crippen molar-refractivity contribution >= 4 is 34.2 Å². The fourth-order valence-electron chi connectivity index (χ4n) is 4.78. The Hall–Kier alpha value is -3.00. The van der Waals surface area contributed by atoms with Crippen molar-refractivity contribution in [3.8, 4) is 11.1 Å². The monoisotopic (exact) mass is 443 g/mol. The Kier molecular flexibility index (Phi) is 5.66. The fraction of sp³-hybridized carbons (Fsp3) is 0.348. The molecule has 0 saturated heterocycles. The van der Waals surface area contributed by atoms with Crippen molar-refractivity contribution in [2.45, 2.75) is 19.8 Å². The SMILES string of the molecule is COC(=O)c1c(NC(=O)[C@H]2[C@H](C(=O)O)[C@H]3C=C[C@H]2CC3)sc(C)c1-c1ccc(F)cc1. The van der Waals surface area contributed by atoms with E-state index in [1.54, 1.807) is 19.1 Å². The van der Waals surface area contributed by atoms with Crippen LogP contribution in [0.3, 0.4) is 0 Å². The van der Waals surface area contributed by atoms with Crippen LogP contribution in [0.4, 0.5) is 9.39 Å². The molecule has 3 aliphatic rings. The zero-order valence-electron chi connectivity index (χ0n) is 17.1. The Morgan fingerprint density at radius 3 is 2.26 bits per heavy atom. The first kappa shape index (κ1) is 21.2. The molecule has 2 aromatic rings. The molecule has 1 aromatic heterocycles. The highest BCUT2D eigenvalue weighted by Crippen LogP contribution is 2.46. The van der Waals surface area contributed by atoms with Crippen LogP contribution in [0.2, 0.25) is 0 Å². The first-order valence-corrected chi connectivity index (χ1v) is 10.8. The molecule has 1 amide bonds. The molecule has 1 saturated carbocycles. The molecule has 4 atom stereocenters. The number of aliphatic carboxylic acids is 1. The van der Waals surface area contributed by atoms with Crippen molar-refractivity contribution in [1.82, 2.24) is 0 Å². The number of carboxylic acid groups (broad SMARTS) is 1. The Labute approximate surface area is 182 Å². The molecule has 0 aliphatic heterocycles. The van der Waals surface area contributed by atoms with Crippen LogP contribution in [-0.4, -0.2) is 30.1 Å². The fourth-order valence-corrected chi connectivity index (χ4v) is 5.84. The van der Waals surface area contributed by atoms with E-state index < -0.39 is 35.5 Å². The maximum atomic E-state index is 13.4. The summed E-state index contributed by atoms with van der Waals surface area (Å²) in [5, 5.41) is 12.9. The van der Waals surface area contributed by atoms with Crippen LogP contribution < -0.4 is 5.32 Å². The van der Waals surface area contributed by atoms with Gasteiger partial charge in [-0.1, -0.05) is 24.3 Å². The van der Waals surface area contributed by atoms with Gasteiger partial charge in [-0.05, 0) is 49.3 Å². The van der Waals surface area contributed by atoms with E-state index in [0.717, 1.165) is 17.7 Å². The Morgan fingerprint density at radius 1 is 1.10 bits per heavy atom. The topological polar surface area (TPSA) is 92.7 Å². The van der Waals surface area contributed by atoms with Crippen molar-refractivity contribution < 1.29 is 28.6 Å². The normalized spacial score (nSPS) is 24.1. The predicted octanol–water partition coefficient (Wildman–Crippen LogP) is 4.50. The molecule has 0 spiro atoms. The number of hydrogen-bond donors (Lipinski definition) is 2. The van der Waals surface area contributed by atoms with E-state index in [1.807, 2.05) is 12.2 Å². The maximum Gasteiger partial charge on any atom is 0.341 e. The molecule has 1 aromatic carbocycles. The van der Waals surface area contributed by atoms with Crippen LogP contribution >= 0.6 is 11.3 Å². The molecular weight excluding hydrogens is 421 g/mol. The van der Waals surface area contributed by atoms with Gasteiger partial charge in [0.2, 0.25) is 5.91 Å². The van der Waals surface area contributed by atoms with Gasteiger partial charge in [-0.25, -0.2) is 9.18 Å². The van der Waals surface area contributed by atoms with E-state index in [0.29, 0.717) is 16.1 Å². The van der Waals surface area contributed by atoms with Crippen LogP contribution in [0.25, 0.3) is 11.1 Å². The molecule has 5 rings (SSSR count). The highest BCUT2D eigenvalue weighted by Gasteiger charge is 2.48. The Morgan fingerprint density at radius 2 is 1.71 bits per heavy atom. The number of thiophene rings is 1. The highest BCUT2D eigenvalue weighted by atomic mass is 32.1. The number of allylic oxidation sites excluding steroid dienone is 2. The van der Waals surface area contributed by atoms with Gasteiger partial charge in [-0.2, -0.15) is 0 Å². The molecule has 31 heavy (non-hydrogen) atoms. The van der Waals surface area contributed by atoms with Crippen LogP contribution in [-0.2, 0) is 14.3 Å². The lowest BCUT2D eigenvalue weighted by molar-refractivity contribution is -0.151. The number of methoxy groups -OCH3 is 1. The molecule has 1 fully saturated rings. The minimum atomic E-state index is -0.984. The summed E-state index contributed by atoms with van der Waals surface area (Å²) < 4.78 is 18.3. The first-order chi connectivity index (χ1) is 14.8. The van der Waals surface area contributed by atoms with Crippen molar-refractivity contribution in [2.75, 3.05) is 12.4 Å². The predicted molar refractivity (Wildman–Crippen MR) is 114 cm³/mol. The summed E-state index contributed by atoms with van der Waals surface area (Å²) >= 11 is 1.21. The third kappa shape index (κ3) is 3.76. The summed E-state index contributed by atoms with van der Waals surface area (Å²) in [6.07, 6.45) is 5.35. The highest BCUT2D eigenvalue weighted by molar-refractivity contribution is 7.17. The quantitative estimate of drug-likeness (QED) is 0.524. The number of halogens is 1. The van der Waals surface area contributed by atoms with Gasteiger partial charge in [-0.3, -0.25) is 9.59 Å².